The lowest BCUT2D eigenvalue weighted by Crippen LogP contribution is -2.53. The van der Waals surface area contributed by atoms with Gasteiger partial charge in [-0.3, -0.25) is 4.99 Å². The van der Waals surface area contributed by atoms with Gasteiger partial charge in [0.15, 0.2) is 0 Å². The second-order valence-electron chi connectivity index (χ2n) is 9.66. The van der Waals surface area contributed by atoms with Crippen LogP contribution in [0, 0.1) is 0 Å². The van der Waals surface area contributed by atoms with Crippen LogP contribution in [0.15, 0.2) is 47.5 Å². The number of ether oxygens (including phenoxy) is 1. The van der Waals surface area contributed by atoms with Crippen LogP contribution in [0.4, 0.5) is 4.79 Å². The lowest BCUT2D eigenvalue weighted by Gasteiger charge is -2.45. The van der Waals surface area contributed by atoms with Gasteiger partial charge in [-0.25, -0.2) is 4.79 Å². The van der Waals surface area contributed by atoms with Crippen LogP contribution in [0.3, 0.4) is 0 Å². The molecule has 0 atom stereocenters. The zero-order chi connectivity index (χ0) is 26.0. The Hall–Kier alpha value is -2.66. The summed E-state index contributed by atoms with van der Waals surface area (Å²) in [5, 5.41) is 9.76. The molecular formula is C26H31ClN4O5S. The standard InChI is InChI=1S/C26H31ClN4O5S/c27-21-5-3-20(4-6-21)26(9-1-10-26)24-23-18-22(7-2-19(23)8-11-28-24)36-17-12-29-37(34,35)31-15-13-30(14-16-31)25(32)33/h2-7,18,29H,1,8-17H2,(H,32,33). The predicted molar refractivity (Wildman–Crippen MR) is 142 cm³/mol. The SMILES string of the molecule is O=C(O)N1CCN(S(=O)(=O)NCCOc2ccc3c(c2)C(C2(c4ccc(Cl)cc4)CCC2)=NCC3)CC1. The monoisotopic (exact) mass is 546 g/mol. The van der Waals surface area contributed by atoms with Crippen molar-refractivity contribution >= 4 is 33.6 Å². The zero-order valence-electron chi connectivity index (χ0n) is 20.5. The van der Waals surface area contributed by atoms with Crippen molar-refractivity contribution < 1.29 is 23.1 Å². The van der Waals surface area contributed by atoms with Crippen molar-refractivity contribution in [1.82, 2.24) is 13.9 Å². The number of hydrogen-bond acceptors (Lipinski definition) is 5. The lowest BCUT2D eigenvalue weighted by atomic mass is 9.59. The number of carboxylic acid groups (broad SMARTS) is 1. The molecule has 1 saturated carbocycles. The average molecular weight is 547 g/mol. The summed E-state index contributed by atoms with van der Waals surface area (Å²) in [7, 11) is -3.70. The molecular weight excluding hydrogens is 516 g/mol. The molecule has 0 bridgehead atoms. The molecule has 198 valence electrons. The molecule has 0 radical (unpaired) electrons. The number of benzene rings is 2. The number of fused-ring (bicyclic) bond motifs is 1. The van der Waals surface area contributed by atoms with Crippen LogP contribution in [0.5, 0.6) is 5.75 Å². The fourth-order valence-corrected chi connectivity index (χ4v) is 6.67. The molecule has 2 aromatic carbocycles. The van der Waals surface area contributed by atoms with Crippen molar-refractivity contribution in [3.8, 4) is 5.75 Å². The van der Waals surface area contributed by atoms with E-state index in [-0.39, 0.29) is 44.7 Å². The molecule has 0 spiro atoms. The maximum absolute atomic E-state index is 12.6. The van der Waals surface area contributed by atoms with Gasteiger partial charge in [0.2, 0.25) is 0 Å². The number of amides is 1. The van der Waals surface area contributed by atoms with Crippen LogP contribution in [-0.4, -0.2) is 80.4 Å². The molecule has 2 aliphatic heterocycles. The number of hydrogen-bond donors (Lipinski definition) is 2. The molecule has 1 amide bonds. The Balaban J connectivity index is 1.23. The molecule has 2 aromatic rings. The number of nitrogens with one attached hydrogen (secondary N) is 1. The summed E-state index contributed by atoms with van der Waals surface area (Å²) in [6.07, 6.45) is 3.08. The number of nitrogens with zero attached hydrogens (tertiary/aromatic N) is 3. The third-order valence-corrected chi connectivity index (χ3v) is 9.41. The molecule has 5 rings (SSSR count). The summed E-state index contributed by atoms with van der Waals surface area (Å²) >= 11 is 6.14. The van der Waals surface area contributed by atoms with E-state index in [9.17, 15) is 13.2 Å². The maximum Gasteiger partial charge on any atom is 0.407 e. The quantitative estimate of drug-likeness (QED) is 0.493. The Morgan fingerprint density at radius 3 is 2.49 bits per heavy atom. The number of carbonyl (C=O) groups is 1. The maximum atomic E-state index is 12.6. The van der Waals surface area contributed by atoms with Gasteiger partial charge in [0.1, 0.15) is 12.4 Å². The molecule has 0 aromatic heterocycles. The van der Waals surface area contributed by atoms with Crippen LogP contribution in [0.1, 0.15) is 36.0 Å². The molecule has 2 N–H and O–H groups in total. The number of piperazine rings is 1. The van der Waals surface area contributed by atoms with Gasteiger partial charge in [0, 0.05) is 55.3 Å². The average Bonchev–Trinajstić information content (AvgIpc) is 2.87. The summed E-state index contributed by atoms with van der Waals surface area (Å²) in [5.74, 6) is 0.674. The van der Waals surface area contributed by atoms with E-state index < -0.39 is 16.3 Å². The third kappa shape index (κ3) is 5.34. The Kier molecular flexibility index (Phi) is 7.44. The first-order valence-corrected chi connectivity index (χ1v) is 14.4. The van der Waals surface area contributed by atoms with Crippen molar-refractivity contribution in [1.29, 1.82) is 0 Å². The third-order valence-electron chi connectivity index (χ3n) is 7.55. The first-order chi connectivity index (χ1) is 17.8. The van der Waals surface area contributed by atoms with Gasteiger partial charge in [0.25, 0.3) is 10.2 Å². The fraction of sp³-hybridized carbons (Fsp3) is 0.462. The van der Waals surface area contributed by atoms with Crippen LogP contribution < -0.4 is 9.46 Å². The van der Waals surface area contributed by atoms with Crippen LogP contribution in [-0.2, 0) is 22.0 Å². The number of aliphatic imine (C=N–C) groups is 1. The predicted octanol–water partition coefficient (Wildman–Crippen LogP) is 3.32. The van der Waals surface area contributed by atoms with E-state index >= 15 is 0 Å². The van der Waals surface area contributed by atoms with Crippen molar-refractivity contribution in [2.45, 2.75) is 31.1 Å². The molecule has 2 heterocycles. The van der Waals surface area contributed by atoms with Crippen molar-refractivity contribution in [2.75, 3.05) is 45.9 Å². The summed E-state index contributed by atoms with van der Waals surface area (Å²) < 4.78 is 34.9. The highest BCUT2D eigenvalue weighted by atomic mass is 35.5. The summed E-state index contributed by atoms with van der Waals surface area (Å²) in [5.41, 5.74) is 4.58. The molecule has 0 unspecified atom stereocenters. The first-order valence-electron chi connectivity index (χ1n) is 12.6. The number of halogens is 1. The zero-order valence-corrected chi connectivity index (χ0v) is 22.1. The van der Waals surface area contributed by atoms with Crippen molar-refractivity contribution in [2.24, 2.45) is 4.99 Å². The van der Waals surface area contributed by atoms with Gasteiger partial charge in [-0.1, -0.05) is 36.2 Å². The second-order valence-corrected chi connectivity index (χ2v) is 11.8. The Labute approximate surface area is 222 Å². The summed E-state index contributed by atoms with van der Waals surface area (Å²) in [4.78, 5) is 17.2. The fourth-order valence-electron chi connectivity index (χ4n) is 5.38. The highest BCUT2D eigenvalue weighted by Crippen LogP contribution is 2.48. The normalized spacial score (nSPS) is 19.5. The van der Waals surface area contributed by atoms with Crippen LogP contribution in [0.2, 0.25) is 5.02 Å². The van der Waals surface area contributed by atoms with Gasteiger partial charge >= 0.3 is 6.09 Å². The van der Waals surface area contributed by atoms with E-state index in [2.05, 4.69) is 22.9 Å². The molecule has 37 heavy (non-hydrogen) atoms. The van der Waals surface area contributed by atoms with Gasteiger partial charge in [0.05, 0.1) is 5.71 Å². The molecule has 2 fully saturated rings. The summed E-state index contributed by atoms with van der Waals surface area (Å²) in [6, 6.07) is 14.1. The molecule has 3 aliphatic rings. The second kappa shape index (κ2) is 10.6. The Morgan fingerprint density at radius 1 is 1.11 bits per heavy atom. The highest BCUT2D eigenvalue weighted by molar-refractivity contribution is 7.87. The van der Waals surface area contributed by atoms with Gasteiger partial charge in [-0.05, 0) is 54.7 Å². The molecule has 9 nitrogen and oxygen atoms in total. The number of rotatable bonds is 8. The molecule has 1 saturated heterocycles. The lowest BCUT2D eigenvalue weighted by molar-refractivity contribution is 0.126. The van der Waals surface area contributed by atoms with Crippen LogP contribution >= 0.6 is 11.6 Å². The van der Waals surface area contributed by atoms with Crippen molar-refractivity contribution in [3.05, 3.63) is 64.2 Å². The largest absolute Gasteiger partial charge is 0.492 e. The minimum absolute atomic E-state index is 0.105. The van der Waals surface area contributed by atoms with E-state index in [1.165, 1.54) is 20.3 Å². The first kappa shape index (κ1) is 26.0. The topological polar surface area (TPSA) is 112 Å². The van der Waals surface area contributed by atoms with Gasteiger partial charge in [-0.15, -0.1) is 0 Å². The van der Waals surface area contributed by atoms with Gasteiger partial charge < -0.3 is 14.7 Å². The molecule has 1 aliphatic carbocycles. The molecule has 11 heteroatoms. The van der Waals surface area contributed by atoms with E-state index in [0.29, 0.717) is 5.75 Å². The minimum atomic E-state index is -3.70. The summed E-state index contributed by atoms with van der Waals surface area (Å²) in [6.45, 7) is 1.61. The van der Waals surface area contributed by atoms with Crippen molar-refractivity contribution in [3.63, 3.8) is 0 Å². The van der Waals surface area contributed by atoms with Crippen LogP contribution in [0.25, 0.3) is 0 Å². The smallest absolute Gasteiger partial charge is 0.407 e. The Morgan fingerprint density at radius 2 is 1.84 bits per heavy atom. The van der Waals surface area contributed by atoms with Gasteiger partial charge in [-0.2, -0.15) is 17.4 Å². The van der Waals surface area contributed by atoms with E-state index in [0.717, 1.165) is 48.5 Å². The van der Waals surface area contributed by atoms with E-state index in [4.69, 9.17) is 26.4 Å². The van der Waals surface area contributed by atoms with E-state index in [1.54, 1.807) is 0 Å². The highest BCUT2D eigenvalue weighted by Gasteiger charge is 2.45. The Bertz CT molecular complexity index is 1290. The minimum Gasteiger partial charge on any atom is -0.492 e. The van der Waals surface area contributed by atoms with E-state index in [1.807, 2.05) is 24.3 Å².